The van der Waals surface area contributed by atoms with Gasteiger partial charge in [0.25, 0.3) is 0 Å². The second kappa shape index (κ2) is 6.29. The molecule has 104 valence electrons. The number of hydrogen-bond acceptors (Lipinski definition) is 5. The van der Waals surface area contributed by atoms with E-state index in [4.69, 9.17) is 0 Å². The van der Waals surface area contributed by atoms with Crippen molar-refractivity contribution in [3.63, 3.8) is 0 Å². The van der Waals surface area contributed by atoms with Gasteiger partial charge in [0.1, 0.15) is 0 Å². The first-order valence-electron chi connectivity index (χ1n) is 5.97. The van der Waals surface area contributed by atoms with E-state index in [1.54, 1.807) is 29.8 Å². The van der Waals surface area contributed by atoms with Crippen LogP contribution in [0, 0.1) is 6.92 Å². The molecule has 0 aliphatic rings. The summed E-state index contributed by atoms with van der Waals surface area (Å²) >= 11 is 1.46. The van der Waals surface area contributed by atoms with Crippen LogP contribution in [0.5, 0.6) is 0 Å². The molecule has 0 saturated carbocycles. The predicted octanol–water partition coefficient (Wildman–Crippen LogP) is 2.42. The van der Waals surface area contributed by atoms with Gasteiger partial charge in [0, 0.05) is 10.6 Å². The van der Waals surface area contributed by atoms with E-state index >= 15 is 0 Å². The van der Waals surface area contributed by atoms with Crippen LogP contribution in [0.4, 0.5) is 5.69 Å². The number of methoxy groups -OCH3 is 1. The zero-order chi connectivity index (χ0) is 14.5. The SMILES string of the molecule is COC(=O)c1ccc(NC(=O)Cc2scnc2C)cc1. The summed E-state index contributed by atoms with van der Waals surface area (Å²) < 4.78 is 4.61. The lowest BCUT2D eigenvalue weighted by atomic mass is 10.2. The van der Waals surface area contributed by atoms with Gasteiger partial charge in [-0.2, -0.15) is 0 Å². The highest BCUT2D eigenvalue weighted by Gasteiger charge is 2.09. The fourth-order valence-electron chi connectivity index (χ4n) is 1.65. The van der Waals surface area contributed by atoms with Gasteiger partial charge >= 0.3 is 5.97 Å². The molecular weight excluding hydrogens is 276 g/mol. The lowest BCUT2D eigenvalue weighted by Gasteiger charge is -2.05. The quantitative estimate of drug-likeness (QED) is 0.878. The average Bonchev–Trinajstić information content (AvgIpc) is 2.84. The highest BCUT2D eigenvalue weighted by Crippen LogP contribution is 2.15. The molecule has 6 heteroatoms. The van der Waals surface area contributed by atoms with E-state index in [1.165, 1.54) is 18.4 Å². The smallest absolute Gasteiger partial charge is 0.337 e. The van der Waals surface area contributed by atoms with Crippen molar-refractivity contribution in [1.82, 2.24) is 4.98 Å². The van der Waals surface area contributed by atoms with Crippen molar-refractivity contribution in [2.45, 2.75) is 13.3 Å². The first kappa shape index (κ1) is 14.2. The van der Waals surface area contributed by atoms with E-state index < -0.39 is 5.97 Å². The normalized spacial score (nSPS) is 10.1. The van der Waals surface area contributed by atoms with Crippen LogP contribution in [0.15, 0.2) is 29.8 Å². The van der Waals surface area contributed by atoms with E-state index in [0.29, 0.717) is 17.7 Å². The molecule has 0 atom stereocenters. The topological polar surface area (TPSA) is 68.3 Å². The van der Waals surface area contributed by atoms with Crippen molar-refractivity contribution in [3.05, 3.63) is 45.9 Å². The van der Waals surface area contributed by atoms with Gasteiger partial charge < -0.3 is 10.1 Å². The zero-order valence-electron chi connectivity index (χ0n) is 11.2. The van der Waals surface area contributed by atoms with Crippen LogP contribution in [-0.2, 0) is 16.0 Å². The summed E-state index contributed by atoms with van der Waals surface area (Å²) in [6.07, 6.45) is 0.301. The van der Waals surface area contributed by atoms with Crippen molar-refractivity contribution in [1.29, 1.82) is 0 Å². The van der Waals surface area contributed by atoms with E-state index in [-0.39, 0.29) is 5.91 Å². The fraction of sp³-hybridized carbons (Fsp3) is 0.214. The number of anilines is 1. The second-order valence-electron chi connectivity index (χ2n) is 4.15. The van der Waals surface area contributed by atoms with Crippen LogP contribution < -0.4 is 5.32 Å². The molecule has 0 aliphatic heterocycles. The van der Waals surface area contributed by atoms with Gasteiger partial charge in [-0.15, -0.1) is 11.3 Å². The number of rotatable bonds is 4. The monoisotopic (exact) mass is 290 g/mol. The molecule has 5 nitrogen and oxygen atoms in total. The van der Waals surface area contributed by atoms with E-state index in [0.717, 1.165) is 10.6 Å². The van der Waals surface area contributed by atoms with Gasteiger partial charge in [0.15, 0.2) is 0 Å². The third-order valence-electron chi connectivity index (χ3n) is 2.76. The third-order valence-corrected chi connectivity index (χ3v) is 3.69. The number of nitrogens with one attached hydrogen (secondary N) is 1. The van der Waals surface area contributed by atoms with Gasteiger partial charge in [-0.25, -0.2) is 9.78 Å². The first-order valence-corrected chi connectivity index (χ1v) is 6.85. The van der Waals surface area contributed by atoms with Gasteiger partial charge in [-0.1, -0.05) is 0 Å². The molecule has 0 fully saturated rings. The number of nitrogens with zero attached hydrogens (tertiary/aromatic N) is 1. The summed E-state index contributed by atoms with van der Waals surface area (Å²) in [6.45, 7) is 1.88. The molecule has 0 radical (unpaired) electrons. The molecule has 1 amide bonds. The minimum Gasteiger partial charge on any atom is -0.465 e. The fourth-order valence-corrected chi connectivity index (χ4v) is 2.43. The Morgan fingerprint density at radius 2 is 2.00 bits per heavy atom. The highest BCUT2D eigenvalue weighted by atomic mass is 32.1. The van der Waals surface area contributed by atoms with E-state index in [1.807, 2.05) is 6.92 Å². The maximum Gasteiger partial charge on any atom is 0.337 e. The Kier molecular flexibility index (Phi) is 4.47. The Morgan fingerprint density at radius 1 is 1.30 bits per heavy atom. The minimum absolute atomic E-state index is 0.108. The molecule has 0 bridgehead atoms. The number of thiazole rings is 1. The summed E-state index contributed by atoms with van der Waals surface area (Å²) in [4.78, 5) is 28.2. The van der Waals surface area contributed by atoms with Crippen LogP contribution in [0.3, 0.4) is 0 Å². The Morgan fingerprint density at radius 3 is 2.55 bits per heavy atom. The number of carbonyl (C=O) groups is 2. The second-order valence-corrected chi connectivity index (χ2v) is 5.09. The highest BCUT2D eigenvalue weighted by molar-refractivity contribution is 7.09. The molecule has 2 rings (SSSR count). The summed E-state index contributed by atoms with van der Waals surface area (Å²) in [5.41, 5.74) is 3.70. The molecule has 0 spiro atoms. The van der Waals surface area contributed by atoms with Crippen LogP contribution in [-0.4, -0.2) is 24.0 Å². The summed E-state index contributed by atoms with van der Waals surface area (Å²) in [7, 11) is 1.33. The van der Waals surface area contributed by atoms with Gasteiger partial charge in [0.2, 0.25) is 5.91 Å². The largest absolute Gasteiger partial charge is 0.465 e. The molecule has 1 heterocycles. The molecule has 1 aromatic carbocycles. The van der Waals surface area contributed by atoms with Crippen LogP contribution in [0.2, 0.25) is 0 Å². The molecule has 0 saturated heterocycles. The van der Waals surface area contributed by atoms with Crippen molar-refractivity contribution >= 4 is 28.9 Å². The first-order chi connectivity index (χ1) is 9.60. The van der Waals surface area contributed by atoms with Gasteiger partial charge in [-0.3, -0.25) is 4.79 Å². The maximum atomic E-state index is 11.9. The number of amides is 1. The minimum atomic E-state index is -0.400. The number of ether oxygens (including phenoxy) is 1. The number of benzene rings is 1. The van der Waals surface area contributed by atoms with E-state index in [9.17, 15) is 9.59 Å². The standard InChI is InChI=1S/C14H14N2O3S/c1-9-12(20-8-15-9)7-13(17)16-11-5-3-10(4-6-11)14(18)19-2/h3-6,8H,7H2,1-2H3,(H,16,17). The molecule has 1 aromatic heterocycles. The zero-order valence-corrected chi connectivity index (χ0v) is 12.0. The molecular formula is C14H14N2O3S. The average molecular weight is 290 g/mol. The number of aromatic nitrogens is 1. The number of hydrogen-bond donors (Lipinski definition) is 1. The summed E-state index contributed by atoms with van der Waals surface area (Å²) in [5, 5.41) is 2.78. The number of carbonyl (C=O) groups excluding carboxylic acids is 2. The molecule has 0 unspecified atom stereocenters. The van der Waals surface area contributed by atoms with E-state index in [2.05, 4.69) is 15.0 Å². The Hall–Kier alpha value is -2.21. The Labute approximate surface area is 120 Å². The van der Waals surface area contributed by atoms with Crippen LogP contribution in [0.25, 0.3) is 0 Å². The predicted molar refractivity (Wildman–Crippen MR) is 77.0 cm³/mol. The van der Waals surface area contributed by atoms with Gasteiger partial charge in [-0.05, 0) is 31.2 Å². The summed E-state index contributed by atoms with van der Waals surface area (Å²) in [6, 6.07) is 6.56. The summed E-state index contributed by atoms with van der Waals surface area (Å²) in [5.74, 6) is -0.508. The van der Waals surface area contributed by atoms with Crippen molar-refractivity contribution in [2.75, 3.05) is 12.4 Å². The molecule has 0 aliphatic carbocycles. The van der Waals surface area contributed by atoms with Gasteiger partial charge in [0.05, 0.1) is 30.3 Å². The maximum absolute atomic E-state index is 11.9. The van der Waals surface area contributed by atoms with Crippen molar-refractivity contribution < 1.29 is 14.3 Å². The van der Waals surface area contributed by atoms with Crippen LogP contribution >= 0.6 is 11.3 Å². The molecule has 2 aromatic rings. The Balaban J connectivity index is 1.98. The Bertz CT molecular complexity index is 620. The molecule has 1 N–H and O–H groups in total. The van der Waals surface area contributed by atoms with Crippen molar-refractivity contribution in [3.8, 4) is 0 Å². The lowest BCUT2D eigenvalue weighted by Crippen LogP contribution is -2.14. The van der Waals surface area contributed by atoms with Crippen molar-refractivity contribution in [2.24, 2.45) is 0 Å². The van der Waals surface area contributed by atoms with Crippen LogP contribution in [0.1, 0.15) is 20.9 Å². The third kappa shape index (κ3) is 3.42. The molecule has 20 heavy (non-hydrogen) atoms. The lowest BCUT2D eigenvalue weighted by molar-refractivity contribution is -0.115. The number of esters is 1. The number of aryl methyl sites for hydroxylation is 1.